The third-order valence-corrected chi connectivity index (χ3v) is 5.52. The molecular formula is C16H32N4O5S. The number of nitrogens with zero attached hydrogens (tertiary/aromatic N) is 2. The summed E-state index contributed by atoms with van der Waals surface area (Å²) in [7, 11) is 0.715. The lowest BCUT2D eigenvalue weighted by Gasteiger charge is -2.29. The molecule has 0 aliphatic carbocycles. The Morgan fingerprint density at radius 2 is 1.73 bits per heavy atom. The van der Waals surface area contributed by atoms with Crippen molar-refractivity contribution >= 4 is 22.0 Å². The molecule has 1 rings (SSSR count). The minimum Gasteiger partial charge on any atom is -0.444 e. The van der Waals surface area contributed by atoms with Crippen LogP contribution in [0.25, 0.3) is 0 Å². The molecule has 0 aromatic rings. The van der Waals surface area contributed by atoms with Crippen molar-refractivity contribution in [1.82, 2.24) is 20.4 Å². The maximum absolute atomic E-state index is 12.5. The lowest BCUT2D eigenvalue weighted by molar-refractivity contribution is 0.0528. The zero-order valence-corrected chi connectivity index (χ0v) is 17.2. The Labute approximate surface area is 156 Å². The maximum Gasteiger partial charge on any atom is 0.407 e. The highest BCUT2D eigenvalue weighted by atomic mass is 32.2. The van der Waals surface area contributed by atoms with E-state index in [1.165, 1.54) is 0 Å². The molecule has 0 spiro atoms. The second-order valence-electron chi connectivity index (χ2n) is 7.71. The Kier molecular flexibility index (Phi) is 8.14. The van der Waals surface area contributed by atoms with Gasteiger partial charge in [-0.25, -0.2) is 18.0 Å². The molecule has 1 unspecified atom stereocenters. The summed E-state index contributed by atoms with van der Waals surface area (Å²) in [4.78, 5) is 27.6. The predicted octanol–water partition coefficient (Wildman–Crippen LogP) is 0.271. The zero-order chi connectivity index (χ0) is 20.0. The number of urea groups is 1. The topological polar surface area (TPSA) is 108 Å². The van der Waals surface area contributed by atoms with Crippen LogP contribution < -0.4 is 10.6 Å². The van der Waals surface area contributed by atoms with Crippen LogP contribution in [0.2, 0.25) is 0 Å². The summed E-state index contributed by atoms with van der Waals surface area (Å²) in [5.41, 5.74) is -0.579. The molecule has 3 amide bonds. The molecular weight excluding hydrogens is 360 g/mol. The summed E-state index contributed by atoms with van der Waals surface area (Å²) in [5, 5.41) is 5.30. The van der Waals surface area contributed by atoms with Crippen molar-refractivity contribution in [2.75, 3.05) is 51.8 Å². The van der Waals surface area contributed by atoms with Gasteiger partial charge in [0.15, 0.2) is 9.84 Å². The fraction of sp³-hybridized carbons (Fsp3) is 0.875. The molecule has 1 heterocycles. The highest BCUT2D eigenvalue weighted by Crippen LogP contribution is 2.17. The van der Waals surface area contributed by atoms with Gasteiger partial charge in [-0.05, 0) is 41.3 Å². The monoisotopic (exact) mass is 392 g/mol. The first-order valence-corrected chi connectivity index (χ1v) is 10.6. The number of likely N-dealkylation sites (N-methyl/N-ethyl adjacent to an activating group) is 1. The second kappa shape index (κ2) is 9.40. The van der Waals surface area contributed by atoms with E-state index in [0.717, 1.165) is 0 Å². The van der Waals surface area contributed by atoms with E-state index in [1.807, 2.05) is 19.0 Å². The van der Waals surface area contributed by atoms with Gasteiger partial charge in [0, 0.05) is 32.2 Å². The molecule has 1 saturated heterocycles. The van der Waals surface area contributed by atoms with Crippen molar-refractivity contribution in [3.63, 3.8) is 0 Å². The smallest absolute Gasteiger partial charge is 0.407 e. The van der Waals surface area contributed by atoms with Gasteiger partial charge >= 0.3 is 12.1 Å². The third-order valence-electron chi connectivity index (χ3n) is 3.77. The molecule has 10 heteroatoms. The van der Waals surface area contributed by atoms with Gasteiger partial charge in [-0.2, -0.15) is 0 Å². The van der Waals surface area contributed by atoms with E-state index in [1.54, 1.807) is 25.7 Å². The summed E-state index contributed by atoms with van der Waals surface area (Å²) in [6, 6.07) is -0.626. The quantitative estimate of drug-likeness (QED) is 0.602. The van der Waals surface area contributed by atoms with Crippen LogP contribution >= 0.6 is 0 Å². The van der Waals surface area contributed by atoms with Gasteiger partial charge in [0.05, 0.1) is 11.5 Å². The number of sulfone groups is 1. The third kappa shape index (κ3) is 8.70. The number of nitrogens with one attached hydrogen (secondary N) is 2. The summed E-state index contributed by atoms with van der Waals surface area (Å²) in [5.74, 6) is 0.119. The highest BCUT2D eigenvalue weighted by Gasteiger charge is 2.34. The van der Waals surface area contributed by atoms with Crippen LogP contribution in [0, 0.1) is 0 Å². The molecule has 1 atom stereocenters. The average Bonchev–Trinajstić information content (AvgIpc) is 2.81. The van der Waals surface area contributed by atoms with Crippen LogP contribution in [0.5, 0.6) is 0 Å². The van der Waals surface area contributed by atoms with Crippen molar-refractivity contribution in [2.24, 2.45) is 0 Å². The minimum atomic E-state index is -3.08. The molecule has 9 nitrogen and oxygen atoms in total. The molecule has 0 aromatic carbocycles. The van der Waals surface area contributed by atoms with E-state index in [9.17, 15) is 18.0 Å². The summed E-state index contributed by atoms with van der Waals surface area (Å²) < 4.78 is 28.6. The van der Waals surface area contributed by atoms with Gasteiger partial charge in [-0.1, -0.05) is 0 Å². The Morgan fingerprint density at radius 1 is 1.12 bits per heavy atom. The number of ether oxygens (including phenoxy) is 1. The first kappa shape index (κ1) is 22.5. The summed E-state index contributed by atoms with van der Waals surface area (Å²) in [6.45, 7) is 6.85. The van der Waals surface area contributed by atoms with E-state index < -0.39 is 21.5 Å². The fourth-order valence-electron chi connectivity index (χ4n) is 2.53. The normalized spacial score (nSPS) is 19.2. The number of alkyl carbamates (subject to hydrolysis) is 1. The molecule has 0 bridgehead atoms. The summed E-state index contributed by atoms with van der Waals surface area (Å²) in [6.07, 6.45) is -0.0857. The van der Waals surface area contributed by atoms with Crippen LogP contribution in [-0.4, -0.2) is 93.8 Å². The second-order valence-corrected chi connectivity index (χ2v) is 9.94. The molecule has 1 aliphatic rings. The van der Waals surface area contributed by atoms with Gasteiger partial charge < -0.3 is 25.2 Å². The number of carbonyl (C=O) groups is 2. The van der Waals surface area contributed by atoms with Gasteiger partial charge in [0.25, 0.3) is 0 Å². The maximum atomic E-state index is 12.5. The molecule has 26 heavy (non-hydrogen) atoms. The predicted molar refractivity (Wildman–Crippen MR) is 100.0 cm³/mol. The van der Waals surface area contributed by atoms with Crippen molar-refractivity contribution in [3.8, 4) is 0 Å². The van der Waals surface area contributed by atoms with E-state index in [4.69, 9.17) is 4.74 Å². The molecule has 1 fully saturated rings. The van der Waals surface area contributed by atoms with Crippen LogP contribution in [0.15, 0.2) is 0 Å². The molecule has 152 valence electrons. The summed E-state index contributed by atoms with van der Waals surface area (Å²) >= 11 is 0. The average molecular weight is 393 g/mol. The van der Waals surface area contributed by atoms with Crippen molar-refractivity contribution in [3.05, 3.63) is 0 Å². The number of rotatable bonds is 7. The molecule has 0 saturated carbocycles. The number of carbonyl (C=O) groups excluding carboxylic acids is 2. The van der Waals surface area contributed by atoms with Gasteiger partial charge in [-0.3, -0.25) is 0 Å². The highest BCUT2D eigenvalue weighted by molar-refractivity contribution is 7.91. The Bertz CT molecular complexity index is 586. The molecule has 2 N–H and O–H groups in total. The largest absolute Gasteiger partial charge is 0.444 e. The van der Waals surface area contributed by atoms with Crippen LogP contribution in [0.4, 0.5) is 9.59 Å². The standard InChI is InChI=1S/C16H32N4O5S/c1-16(2,3)25-15(22)18-8-7-17-14(21)20(10-9-19(4)5)13-6-11-26(23,24)12-13/h13H,6-12H2,1-5H3,(H,17,21)(H,18,22). The number of hydrogen-bond donors (Lipinski definition) is 2. The van der Waals surface area contributed by atoms with Gasteiger partial charge in [-0.15, -0.1) is 0 Å². The van der Waals surface area contributed by atoms with Crippen LogP contribution in [0.3, 0.4) is 0 Å². The minimum absolute atomic E-state index is 0.00398. The van der Waals surface area contributed by atoms with E-state index >= 15 is 0 Å². The molecule has 0 radical (unpaired) electrons. The van der Waals surface area contributed by atoms with Crippen molar-refractivity contribution < 1.29 is 22.7 Å². The van der Waals surface area contributed by atoms with Gasteiger partial charge in [0.1, 0.15) is 5.60 Å². The Balaban J connectivity index is 2.49. The van der Waals surface area contributed by atoms with Crippen LogP contribution in [0.1, 0.15) is 27.2 Å². The van der Waals surface area contributed by atoms with Crippen LogP contribution in [-0.2, 0) is 14.6 Å². The SMILES string of the molecule is CN(C)CCN(C(=O)NCCNC(=O)OC(C)(C)C)C1CCS(=O)(=O)C1. The lowest BCUT2D eigenvalue weighted by atomic mass is 10.2. The lowest BCUT2D eigenvalue weighted by Crippen LogP contribution is -2.50. The van der Waals surface area contributed by atoms with Gasteiger partial charge in [0.2, 0.25) is 0 Å². The Morgan fingerprint density at radius 3 is 2.23 bits per heavy atom. The van der Waals surface area contributed by atoms with Crippen molar-refractivity contribution in [2.45, 2.75) is 38.8 Å². The van der Waals surface area contributed by atoms with E-state index in [2.05, 4.69) is 10.6 Å². The fourth-order valence-corrected chi connectivity index (χ4v) is 4.26. The zero-order valence-electron chi connectivity index (χ0n) is 16.4. The first-order valence-electron chi connectivity index (χ1n) is 8.76. The molecule has 0 aromatic heterocycles. The molecule has 1 aliphatic heterocycles. The number of hydrogen-bond acceptors (Lipinski definition) is 6. The number of amides is 3. The first-order chi connectivity index (χ1) is 11.9. The van der Waals surface area contributed by atoms with E-state index in [-0.39, 0.29) is 36.7 Å². The van der Waals surface area contributed by atoms with E-state index in [0.29, 0.717) is 19.5 Å². The Hall–Kier alpha value is -1.55. The van der Waals surface area contributed by atoms with Crippen molar-refractivity contribution in [1.29, 1.82) is 0 Å².